The molecular formula is C24H27N5O2S. The Morgan fingerprint density at radius 2 is 1.94 bits per heavy atom. The largest absolute Gasteiger partial charge is 0.351 e. The molecule has 1 unspecified atom stereocenters. The van der Waals surface area contributed by atoms with E-state index in [-0.39, 0.29) is 23.6 Å². The molecule has 1 aliphatic rings. The zero-order valence-electron chi connectivity index (χ0n) is 18.1. The highest BCUT2D eigenvalue weighted by Crippen LogP contribution is 2.25. The predicted octanol–water partition coefficient (Wildman–Crippen LogP) is 3.73. The highest BCUT2D eigenvalue weighted by Gasteiger charge is 2.35. The van der Waals surface area contributed by atoms with Crippen LogP contribution in [0.15, 0.2) is 54.0 Å². The minimum Gasteiger partial charge on any atom is -0.351 e. The van der Waals surface area contributed by atoms with Gasteiger partial charge in [-0.1, -0.05) is 47.7 Å². The molecule has 32 heavy (non-hydrogen) atoms. The van der Waals surface area contributed by atoms with E-state index in [4.69, 9.17) is 0 Å². The van der Waals surface area contributed by atoms with Crippen LogP contribution in [0.3, 0.4) is 0 Å². The topological polar surface area (TPSA) is 88.1 Å². The van der Waals surface area contributed by atoms with Crippen LogP contribution in [-0.2, 0) is 11.2 Å². The van der Waals surface area contributed by atoms with Crippen molar-refractivity contribution in [2.45, 2.75) is 51.1 Å². The predicted molar refractivity (Wildman–Crippen MR) is 123 cm³/mol. The zero-order chi connectivity index (χ0) is 22.3. The van der Waals surface area contributed by atoms with Gasteiger partial charge in [-0.15, -0.1) is 5.10 Å². The maximum Gasteiger partial charge on any atom is 0.276 e. The van der Waals surface area contributed by atoms with Crippen LogP contribution in [0.4, 0.5) is 0 Å². The molecule has 0 spiro atoms. The lowest BCUT2D eigenvalue weighted by atomic mass is 10.0. The lowest BCUT2D eigenvalue weighted by molar-refractivity contribution is -0.126. The Balaban J connectivity index is 1.67. The lowest BCUT2D eigenvalue weighted by Gasteiger charge is -2.31. The van der Waals surface area contributed by atoms with Gasteiger partial charge in [-0.05, 0) is 61.0 Å². The Hall–Kier alpha value is -3.13. The third-order valence-electron chi connectivity index (χ3n) is 5.95. The fraction of sp³-hybridized carbons (Fsp3) is 0.375. The van der Waals surface area contributed by atoms with Gasteiger partial charge in [0.25, 0.3) is 5.91 Å². The number of nitrogens with one attached hydrogen (secondary N) is 1. The fourth-order valence-electron chi connectivity index (χ4n) is 4.21. The Morgan fingerprint density at radius 3 is 2.62 bits per heavy atom. The second-order valence-corrected chi connectivity index (χ2v) is 8.72. The van der Waals surface area contributed by atoms with E-state index in [1.165, 1.54) is 0 Å². The average Bonchev–Trinajstić information content (AvgIpc) is 3.52. The second kappa shape index (κ2) is 10.5. The standard InChI is InChI=1S/C24H27N5O2S/c1-17-8-2-3-9-18(17)13-15-29(24(31)21-16-32-28-27-21)22(20-12-6-7-14-25-20)23(30)26-19-10-4-5-11-19/h2-3,6-9,12,14,16,19,22H,4-5,10-11,13,15H2,1H3,(H,26,30). The SMILES string of the molecule is Cc1ccccc1CCN(C(=O)c1csnn1)C(C(=O)NC1CCCC1)c1ccccn1. The van der Waals surface area contributed by atoms with Crippen molar-refractivity contribution in [3.05, 3.63) is 76.6 Å². The second-order valence-electron chi connectivity index (χ2n) is 8.11. The minimum atomic E-state index is -0.838. The summed E-state index contributed by atoms with van der Waals surface area (Å²) in [4.78, 5) is 33.0. The van der Waals surface area contributed by atoms with E-state index < -0.39 is 6.04 Å². The molecule has 1 atom stereocenters. The molecule has 2 heterocycles. The first-order valence-corrected chi connectivity index (χ1v) is 11.8. The number of rotatable bonds is 8. The van der Waals surface area contributed by atoms with Crippen LogP contribution in [-0.4, -0.2) is 43.9 Å². The Morgan fingerprint density at radius 1 is 1.16 bits per heavy atom. The van der Waals surface area contributed by atoms with Crippen LogP contribution in [0.1, 0.15) is 59.0 Å². The molecule has 0 bridgehead atoms. The molecule has 0 saturated heterocycles. The third-order valence-corrected chi connectivity index (χ3v) is 6.46. The Bertz CT molecular complexity index is 1040. The van der Waals surface area contributed by atoms with E-state index in [1.807, 2.05) is 18.2 Å². The van der Waals surface area contributed by atoms with E-state index in [1.54, 1.807) is 28.6 Å². The molecule has 3 aromatic rings. The van der Waals surface area contributed by atoms with Gasteiger partial charge < -0.3 is 10.2 Å². The van der Waals surface area contributed by atoms with Gasteiger partial charge in [0.2, 0.25) is 5.91 Å². The first kappa shape index (κ1) is 22.1. The van der Waals surface area contributed by atoms with Crippen LogP contribution in [0, 0.1) is 6.92 Å². The van der Waals surface area contributed by atoms with E-state index >= 15 is 0 Å². The molecule has 8 heteroatoms. The zero-order valence-corrected chi connectivity index (χ0v) is 18.9. The molecule has 1 fully saturated rings. The molecule has 2 aromatic heterocycles. The summed E-state index contributed by atoms with van der Waals surface area (Å²) < 4.78 is 3.85. The van der Waals surface area contributed by atoms with Crippen LogP contribution in [0.2, 0.25) is 0 Å². The van der Waals surface area contributed by atoms with Crippen molar-refractivity contribution in [1.82, 2.24) is 24.8 Å². The molecule has 4 rings (SSSR count). The highest BCUT2D eigenvalue weighted by molar-refractivity contribution is 7.03. The molecule has 0 aliphatic heterocycles. The maximum absolute atomic E-state index is 13.5. The van der Waals surface area contributed by atoms with Crippen molar-refractivity contribution in [3.63, 3.8) is 0 Å². The van der Waals surface area contributed by atoms with Gasteiger partial charge in [0.15, 0.2) is 11.7 Å². The van der Waals surface area contributed by atoms with E-state index in [0.717, 1.165) is 48.3 Å². The number of hydrogen-bond donors (Lipinski definition) is 1. The minimum absolute atomic E-state index is 0.142. The molecule has 1 aromatic carbocycles. The first-order chi connectivity index (χ1) is 15.6. The Kier molecular flexibility index (Phi) is 7.21. The number of aryl methyl sites for hydroxylation is 1. The highest BCUT2D eigenvalue weighted by atomic mass is 32.1. The first-order valence-electron chi connectivity index (χ1n) is 11.0. The number of benzene rings is 1. The monoisotopic (exact) mass is 449 g/mol. The van der Waals surface area contributed by atoms with Crippen molar-refractivity contribution < 1.29 is 9.59 Å². The summed E-state index contributed by atoms with van der Waals surface area (Å²) in [5.74, 6) is -0.513. The number of carbonyl (C=O) groups excluding carboxylic acids is 2. The maximum atomic E-state index is 13.5. The van der Waals surface area contributed by atoms with Crippen molar-refractivity contribution in [2.24, 2.45) is 0 Å². The molecule has 1 aliphatic carbocycles. The van der Waals surface area contributed by atoms with Crippen molar-refractivity contribution in [2.75, 3.05) is 6.54 Å². The number of amides is 2. The smallest absolute Gasteiger partial charge is 0.276 e. The Labute approximate surface area is 192 Å². The number of aromatic nitrogens is 3. The van der Waals surface area contributed by atoms with Gasteiger partial charge in [-0.25, -0.2) is 0 Å². The summed E-state index contributed by atoms with van der Waals surface area (Å²) in [6, 6.07) is 12.8. The van der Waals surface area contributed by atoms with Gasteiger partial charge in [-0.2, -0.15) is 0 Å². The molecule has 7 nitrogen and oxygen atoms in total. The number of pyridine rings is 1. The summed E-state index contributed by atoms with van der Waals surface area (Å²) in [5.41, 5.74) is 3.08. The molecule has 0 radical (unpaired) electrons. The van der Waals surface area contributed by atoms with Gasteiger partial charge >= 0.3 is 0 Å². The van der Waals surface area contributed by atoms with Crippen LogP contribution in [0.25, 0.3) is 0 Å². The number of carbonyl (C=O) groups is 2. The molecule has 2 amide bonds. The van der Waals surface area contributed by atoms with Gasteiger partial charge in [0, 0.05) is 24.2 Å². The molecular weight excluding hydrogens is 422 g/mol. The van der Waals surface area contributed by atoms with Crippen molar-refractivity contribution in [1.29, 1.82) is 0 Å². The van der Waals surface area contributed by atoms with Crippen LogP contribution >= 0.6 is 11.5 Å². The van der Waals surface area contributed by atoms with Crippen LogP contribution in [0.5, 0.6) is 0 Å². The van der Waals surface area contributed by atoms with Gasteiger partial charge in [-0.3, -0.25) is 14.6 Å². The summed E-state index contributed by atoms with van der Waals surface area (Å²) >= 11 is 1.12. The molecule has 1 saturated carbocycles. The lowest BCUT2D eigenvalue weighted by Crippen LogP contribution is -2.47. The van der Waals surface area contributed by atoms with E-state index in [0.29, 0.717) is 18.7 Å². The summed E-state index contributed by atoms with van der Waals surface area (Å²) in [6.07, 6.45) is 6.43. The van der Waals surface area contributed by atoms with E-state index in [2.05, 4.69) is 38.9 Å². The summed E-state index contributed by atoms with van der Waals surface area (Å²) in [7, 11) is 0. The summed E-state index contributed by atoms with van der Waals surface area (Å²) in [5, 5.41) is 8.75. The normalized spacial score (nSPS) is 14.8. The van der Waals surface area contributed by atoms with Crippen molar-refractivity contribution in [3.8, 4) is 0 Å². The van der Waals surface area contributed by atoms with Gasteiger partial charge in [0.05, 0.1) is 5.69 Å². The van der Waals surface area contributed by atoms with Crippen molar-refractivity contribution >= 4 is 23.3 Å². The van der Waals surface area contributed by atoms with E-state index in [9.17, 15) is 9.59 Å². The number of hydrogen-bond acceptors (Lipinski definition) is 6. The average molecular weight is 450 g/mol. The van der Waals surface area contributed by atoms with Gasteiger partial charge in [0.1, 0.15) is 0 Å². The quantitative estimate of drug-likeness (QED) is 0.566. The molecule has 166 valence electrons. The fourth-order valence-corrected chi connectivity index (χ4v) is 4.64. The van der Waals surface area contributed by atoms with Crippen LogP contribution < -0.4 is 5.32 Å². The number of nitrogens with zero attached hydrogens (tertiary/aromatic N) is 4. The molecule has 1 N–H and O–H groups in total. The summed E-state index contributed by atoms with van der Waals surface area (Å²) in [6.45, 7) is 2.41. The third kappa shape index (κ3) is 5.19.